The normalized spacial score (nSPS) is 26.6. The zero-order chi connectivity index (χ0) is 10.3. The maximum absolute atomic E-state index is 5.49. The van der Waals surface area contributed by atoms with Crippen LogP contribution in [0.25, 0.3) is 0 Å². The van der Waals surface area contributed by atoms with E-state index in [0.717, 1.165) is 18.2 Å². The van der Waals surface area contributed by atoms with E-state index in [1.165, 1.54) is 30.5 Å². The van der Waals surface area contributed by atoms with Crippen molar-refractivity contribution in [1.82, 2.24) is 5.32 Å². The largest absolute Gasteiger partial charge is 0.496 e. The predicted molar refractivity (Wildman–Crippen MR) is 67.7 cm³/mol. The van der Waals surface area contributed by atoms with Crippen molar-refractivity contribution in [1.29, 1.82) is 0 Å². The van der Waals surface area contributed by atoms with Gasteiger partial charge in [0.25, 0.3) is 0 Å². The molecule has 1 N–H and O–H groups in total. The van der Waals surface area contributed by atoms with Crippen molar-refractivity contribution in [2.24, 2.45) is 5.92 Å². The fraction of sp³-hybridized carbons (Fsp3) is 0.538. The predicted octanol–water partition coefficient (Wildman–Crippen LogP) is 2.37. The van der Waals surface area contributed by atoms with E-state index in [2.05, 4.69) is 23.5 Å². The van der Waals surface area contributed by atoms with E-state index in [9.17, 15) is 0 Å². The molecule has 2 aliphatic rings. The topological polar surface area (TPSA) is 21.3 Å². The van der Waals surface area contributed by atoms with Crippen molar-refractivity contribution in [3.05, 3.63) is 29.3 Å². The standard InChI is InChI=1S/C13H17NO.ClH/c1-15-12-4-2-3-9-5-6-10-7-14-8-11(10)13(9)12;/h2-4,10-11,14H,5-8H2,1H3;1H/t10-,11-;/m1./s1. The first kappa shape index (κ1) is 11.7. The molecule has 0 aromatic heterocycles. The summed E-state index contributed by atoms with van der Waals surface area (Å²) in [5, 5.41) is 3.50. The second-order valence-corrected chi connectivity index (χ2v) is 4.60. The molecule has 1 saturated heterocycles. The van der Waals surface area contributed by atoms with E-state index in [1.54, 1.807) is 7.11 Å². The van der Waals surface area contributed by atoms with Crippen LogP contribution < -0.4 is 10.1 Å². The monoisotopic (exact) mass is 239 g/mol. The fourth-order valence-corrected chi connectivity index (χ4v) is 3.12. The average Bonchev–Trinajstić information content (AvgIpc) is 2.76. The van der Waals surface area contributed by atoms with Gasteiger partial charge in [0.2, 0.25) is 0 Å². The van der Waals surface area contributed by atoms with Crippen molar-refractivity contribution >= 4 is 12.4 Å². The van der Waals surface area contributed by atoms with Gasteiger partial charge >= 0.3 is 0 Å². The van der Waals surface area contributed by atoms with Gasteiger partial charge in [-0.1, -0.05) is 12.1 Å². The van der Waals surface area contributed by atoms with Gasteiger partial charge in [0.15, 0.2) is 0 Å². The van der Waals surface area contributed by atoms with Gasteiger partial charge in [-0.15, -0.1) is 12.4 Å². The minimum atomic E-state index is 0. The molecule has 1 aromatic carbocycles. The third kappa shape index (κ3) is 1.70. The Bertz CT molecular complexity index is 366. The molecule has 2 atom stereocenters. The molecule has 3 heteroatoms. The highest BCUT2D eigenvalue weighted by Crippen LogP contribution is 2.42. The van der Waals surface area contributed by atoms with Crippen LogP contribution in [0.4, 0.5) is 0 Å². The number of hydrogen-bond acceptors (Lipinski definition) is 2. The third-order valence-electron chi connectivity index (χ3n) is 3.87. The number of benzene rings is 1. The summed E-state index contributed by atoms with van der Waals surface area (Å²) in [7, 11) is 1.78. The first-order chi connectivity index (χ1) is 7.40. The molecule has 0 spiro atoms. The Morgan fingerprint density at radius 1 is 1.31 bits per heavy atom. The summed E-state index contributed by atoms with van der Waals surface area (Å²) in [4.78, 5) is 0. The average molecular weight is 240 g/mol. The number of hydrogen-bond donors (Lipinski definition) is 1. The second-order valence-electron chi connectivity index (χ2n) is 4.60. The lowest BCUT2D eigenvalue weighted by atomic mass is 9.76. The molecule has 0 bridgehead atoms. The first-order valence-corrected chi connectivity index (χ1v) is 5.76. The summed E-state index contributed by atoms with van der Waals surface area (Å²) in [6.07, 6.45) is 2.55. The molecule has 1 heterocycles. The molecule has 3 rings (SSSR count). The Labute approximate surface area is 103 Å². The molecule has 1 aromatic rings. The van der Waals surface area contributed by atoms with Crippen LogP contribution in [0.5, 0.6) is 5.75 Å². The van der Waals surface area contributed by atoms with Crippen LogP contribution >= 0.6 is 12.4 Å². The van der Waals surface area contributed by atoms with E-state index < -0.39 is 0 Å². The summed E-state index contributed by atoms with van der Waals surface area (Å²) >= 11 is 0. The van der Waals surface area contributed by atoms with E-state index >= 15 is 0 Å². The summed E-state index contributed by atoms with van der Waals surface area (Å²) in [6.45, 7) is 2.31. The Hall–Kier alpha value is -0.730. The molecule has 1 fully saturated rings. The highest BCUT2D eigenvalue weighted by atomic mass is 35.5. The van der Waals surface area contributed by atoms with Gasteiger partial charge in [0.1, 0.15) is 5.75 Å². The number of aryl methyl sites for hydroxylation is 1. The van der Waals surface area contributed by atoms with Gasteiger partial charge in [0.05, 0.1) is 7.11 Å². The zero-order valence-electron chi connectivity index (χ0n) is 9.53. The minimum Gasteiger partial charge on any atom is -0.496 e. The molecule has 0 amide bonds. The SMILES string of the molecule is COc1cccc2c1[C@@H]1CNC[C@H]1CC2.Cl. The van der Waals surface area contributed by atoms with Crippen molar-refractivity contribution < 1.29 is 4.74 Å². The lowest BCUT2D eigenvalue weighted by Crippen LogP contribution is -2.19. The lowest BCUT2D eigenvalue weighted by molar-refractivity contribution is 0.384. The molecular formula is C13H18ClNO. The molecule has 1 aliphatic heterocycles. The van der Waals surface area contributed by atoms with E-state index in [4.69, 9.17) is 4.74 Å². The van der Waals surface area contributed by atoms with E-state index in [1.807, 2.05) is 0 Å². The highest BCUT2D eigenvalue weighted by Gasteiger charge is 2.34. The lowest BCUT2D eigenvalue weighted by Gasteiger charge is -2.28. The van der Waals surface area contributed by atoms with Crippen LogP contribution in [0.2, 0.25) is 0 Å². The van der Waals surface area contributed by atoms with Gasteiger partial charge in [-0.3, -0.25) is 0 Å². The van der Waals surface area contributed by atoms with Gasteiger partial charge < -0.3 is 10.1 Å². The van der Waals surface area contributed by atoms with Crippen molar-refractivity contribution in [3.63, 3.8) is 0 Å². The Balaban J connectivity index is 0.000000963. The van der Waals surface area contributed by atoms with Gasteiger partial charge in [-0.25, -0.2) is 0 Å². The molecule has 2 nitrogen and oxygen atoms in total. The van der Waals surface area contributed by atoms with Gasteiger partial charge in [-0.2, -0.15) is 0 Å². The molecule has 0 saturated carbocycles. The van der Waals surface area contributed by atoms with Crippen molar-refractivity contribution in [3.8, 4) is 5.75 Å². The molecule has 88 valence electrons. The fourth-order valence-electron chi connectivity index (χ4n) is 3.12. The summed E-state index contributed by atoms with van der Waals surface area (Å²) in [5.41, 5.74) is 2.97. The van der Waals surface area contributed by atoms with Crippen LogP contribution in [0.3, 0.4) is 0 Å². The van der Waals surface area contributed by atoms with Gasteiger partial charge in [0, 0.05) is 18.0 Å². The number of nitrogens with one attached hydrogen (secondary N) is 1. The van der Waals surface area contributed by atoms with Crippen molar-refractivity contribution in [2.45, 2.75) is 18.8 Å². The number of halogens is 1. The molecule has 0 unspecified atom stereocenters. The van der Waals surface area contributed by atoms with Crippen molar-refractivity contribution in [2.75, 3.05) is 20.2 Å². The summed E-state index contributed by atoms with van der Waals surface area (Å²) in [6, 6.07) is 6.46. The number of ether oxygens (including phenoxy) is 1. The smallest absolute Gasteiger partial charge is 0.122 e. The zero-order valence-corrected chi connectivity index (χ0v) is 10.3. The molecule has 1 aliphatic carbocycles. The maximum atomic E-state index is 5.49. The van der Waals surface area contributed by atoms with Crippen LogP contribution in [-0.2, 0) is 6.42 Å². The number of rotatable bonds is 1. The maximum Gasteiger partial charge on any atom is 0.122 e. The molecular weight excluding hydrogens is 222 g/mol. The Kier molecular flexibility index (Phi) is 3.41. The second kappa shape index (κ2) is 4.64. The van der Waals surface area contributed by atoms with Crippen LogP contribution in [0.1, 0.15) is 23.5 Å². The Morgan fingerprint density at radius 3 is 3.00 bits per heavy atom. The van der Waals surface area contributed by atoms with Crippen LogP contribution in [-0.4, -0.2) is 20.2 Å². The Morgan fingerprint density at radius 2 is 2.19 bits per heavy atom. The van der Waals surface area contributed by atoms with Crippen LogP contribution in [0.15, 0.2) is 18.2 Å². The minimum absolute atomic E-state index is 0. The molecule has 16 heavy (non-hydrogen) atoms. The first-order valence-electron chi connectivity index (χ1n) is 5.76. The number of fused-ring (bicyclic) bond motifs is 3. The third-order valence-corrected chi connectivity index (χ3v) is 3.87. The summed E-state index contributed by atoms with van der Waals surface area (Å²) in [5.74, 6) is 2.60. The van der Waals surface area contributed by atoms with Crippen LogP contribution in [0, 0.1) is 5.92 Å². The van der Waals surface area contributed by atoms with Gasteiger partial charge in [-0.05, 0) is 36.9 Å². The number of methoxy groups -OCH3 is 1. The highest BCUT2D eigenvalue weighted by molar-refractivity contribution is 5.85. The van der Waals surface area contributed by atoms with E-state index in [-0.39, 0.29) is 12.4 Å². The molecule has 0 radical (unpaired) electrons. The van der Waals surface area contributed by atoms with E-state index in [0.29, 0.717) is 5.92 Å². The summed E-state index contributed by atoms with van der Waals surface area (Å²) < 4.78 is 5.49. The quantitative estimate of drug-likeness (QED) is 0.813.